The molecule has 0 aliphatic rings. The molecule has 0 saturated carbocycles. The topological polar surface area (TPSA) is 126 Å². The number of para-hydroxylation sites is 2. The van der Waals surface area contributed by atoms with E-state index in [0.29, 0.717) is 13.1 Å². The number of anilines is 1. The molecular weight excluding hydrogens is 425 g/mol. The minimum atomic E-state index is -0.0764. The Labute approximate surface area is 187 Å². The van der Waals surface area contributed by atoms with E-state index in [9.17, 15) is 5.11 Å². The first-order valence-corrected chi connectivity index (χ1v) is 10.1. The van der Waals surface area contributed by atoms with Gasteiger partial charge in [0.2, 0.25) is 0 Å². The number of hydrogen-bond donors (Lipinski definition) is 5. The average molecular weight is 456 g/mol. The molecule has 2 aromatic rings. The second kappa shape index (κ2) is 17.5. The van der Waals surface area contributed by atoms with E-state index in [1.165, 1.54) is 12.1 Å². The van der Waals surface area contributed by atoms with E-state index in [-0.39, 0.29) is 23.9 Å². The van der Waals surface area contributed by atoms with E-state index < -0.39 is 0 Å². The first kappa shape index (κ1) is 27.6. The Kier molecular flexibility index (Phi) is 16.1. The molecule has 9 heteroatoms. The predicted octanol–water partition coefficient (Wildman–Crippen LogP) is 2.22. The third-order valence-corrected chi connectivity index (χ3v) is 3.96. The second-order valence-electron chi connectivity index (χ2n) is 5.91. The zero-order valence-corrected chi connectivity index (χ0v) is 18.8. The monoisotopic (exact) mass is 456 g/mol. The molecule has 0 aliphatic heterocycles. The number of benzene rings is 2. The van der Waals surface area contributed by atoms with Crippen LogP contribution in [0, 0.1) is 0 Å². The Balaban J connectivity index is 0.000000696. The standard InChI is InChI=1S/C15H25N3O2.C6H6O2.O.V/c1-3-18(4-2)14-6-5-13(15(20)11-14)12-17-8-7-16-9-10-19;7-5-3-1-2-4-6(5)8;;/h5-6,11-12,16,19-20H,3-4,7-10H2,1-2H3;1-4,7-8H;;. The Morgan fingerprint density at radius 3 is 2.03 bits per heavy atom. The molecule has 2 rings (SSSR count). The molecule has 0 unspecified atom stereocenters. The third-order valence-electron chi connectivity index (χ3n) is 3.96. The normalized spacial score (nSPS) is 9.93. The number of aliphatic imine (C=N–C) groups is 1. The van der Waals surface area contributed by atoms with Crippen molar-refractivity contribution in [1.82, 2.24) is 5.32 Å². The second-order valence-corrected chi connectivity index (χ2v) is 5.91. The number of phenolic OH excluding ortho intramolecular Hbond substituents is 3. The summed E-state index contributed by atoms with van der Waals surface area (Å²) in [7, 11) is 0. The summed E-state index contributed by atoms with van der Waals surface area (Å²) in [6.45, 7) is 8.08. The summed E-state index contributed by atoms with van der Waals surface area (Å²) < 4.78 is 8.19. The Hall–Kier alpha value is -2.39. The number of nitrogens with one attached hydrogen (secondary N) is 1. The van der Waals surface area contributed by atoms with Crippen LogP contribution >= 0.6 is 0 Å². The molecule has 0 saturated heterocycles. The van der Waals surface area contributed by atoms with Gasteiger partial charge in [-0.3, -0.25) is 4.99 Å². The van der Waals surface area contributed by atoms with Gasteiger partial charge in [-0.25, -0.2) is 0 Å². The van der Waals surface area contributed by atoms with Gasteiger partial charge < -0.3 is 30.6 Å². The van der Waals surface area contributed by atoms with Gasteiger partial charge in [-0.1, -0.05) is 12.1 Å². The van der Waals surface area contributed by atoms with Crippen molar-refractivity contribution in [2.75, 3.05) is 44.2 Å². The van der Waals surface area contributed by atoms with Crippen LogP contribution in [-0.2, 0) is 21.0 Å². The molecule has 2 aromatic carbocycles. The molecule has 0 heterocycles. The summed E-state index contributed by atoms with van der Waals surface area (Å²) in [4.78, 5) is 6.43. The molecule has 165 valence electrons. The summed E-state index contributed by atoms with van der Waals surface area (Å²) in [5.74, 6) is 0.0986. The quantitative estimate of drug-likeness (QED) is 0.223. The number of hydrogen-bond acceptors (Lipinski definition) is 8. The predicted molar refractivity (Wildman–Crippen MR) is 115 cm³/mol. The number of rotatable bonds is 9. The van der Waals surface area contributed by atoms with Crippen LogP contribution in [0.5, 0.6) is 17.2 Å². The van der Waals surface area contributed by atoms with Crippen molar-refractivity contribution in [3.8, 4) is 17.2 Å². The van der Waals surface area contributed by atoms with E-state index in [2.05, 4.69) is 29.1 Å². The summed E-state index contributed by atoms with van der Waals surface area (Å²) in [6, 6.07) is 11.8. The third kappa shape index (κ3) is 11.0. The number of aromatic hydroxyl groups is 3. The van der Waals surface area contributed by atoms with Gasteiger partial charge in [0.15, 0.2) is 11.5 Å². The van der Waals surface area contributed by atoms with E-state index in [1.807, 2.05) is 12.1 Å². The van der Waals surface area contributed by atoms with Crippen molar-refractivity contribution in [3.63, 3.8) is 0 Å². The van der Waals surface area contributed by atoms with Crippen LogP contribution in [-0.4, -0.2) is 66.0 Å². The van der Waals surface area contributed by atoms with Crippen LogP contribution in [0.25, 0.3) is 0 Å². The first-order chi connectivity index (χ1) is 14.5. The fraction of sp³-hybridized carbons (Fsp3) is 0.381. The molecule has 5 N–H and O–H groups in total. The van der Waals surface area contributed by atoms with Crippen molar-refractivity contribution in [2.24, 2.45) is 4.99 Å². The molecule has 0 aliphatic carbocycles. The molecule has 8 nitrogen and oxygen atoms in total. The van der Waals surface area contributed by atoms with Crippen molar-refractivity contribution in [1.29, 1.82) is 0 Å². The van der Waals surface area contributed by atoms with Crippen molar-refractivity contribution in [3.05, 3.63) is 48.0 Å². The summed E-state index contributed by atoms with van der Waals surface area (Å²) in [6.07, 6.45) is 1.68. The summed E-state index contributed by atoms with van der Waals surface area (Å²) >= 11 is 1.06. The van der Waals surface area contributed by atoms with E-state index in [4.69, 9.17) is 19.0 Å². The van der Waals surface area contributed by atoms with Crippen LogP contribution in [0.1, 0.15) is 19.4 Å². The van der Waals surface area contributed by atoms with Gasteiger partial charge in [0.1, 0.15) is 5.75 Å². The molecular formula is C21H31N3O5V. The fourth-order valence-corrected chi connectivity index (χ4v) is 2.40. The SMILES string of the molecule is CCN(CC)c1ccc(C=NCCNCCO)c(O)c1.Oc1ccccc1O.[O]=[V]. The van der Waals surface area contributed by atoms with Gasteiger partial charge >= 0.3 is 21.0 Å². The Morgan fingerprint density at radius 1 is 0.967 bits per heavy atom. The number of nitrogens with zero attached hydrogens (tertiary/aromatic N) is 2. The van der Waals surface area contributed by atoms with E-state index >= 15 is 0 Å². The van der Waals surface area contributed by atoms with Gasteiger partial charge in [0.25, 0.3) is 0 Å². The average Bonchev–Trinajstić information content (AvgIpc) is 2.77. The molecule has 30 heavy (non-hydrogen) atoms. The van der Waals surface area contributed by atoms with Crippen LogP contribution in [0.15, 0.2) is 47.5 Å². The van der Waals surface area contributed by atoms with Gasteiger partial charge in [-0.2, -0.15) is 0 Å². The van der Waals surface area contributed by atoms with Crippen LogP contribution in [0.2, 0.25) is 0 Å². The molecule has 0 amide bonds. The molecule has 0 atom stereocenters. The van der Waals surface area contributed by atoms with Gasteiger partial charge in [0, 0.05) is 49.7 Å². The van der Waals surface area contributed by atoms with Gasteiger partial charge in [-0.05, 0) is 38.1 Å². The Bertz CT molecular complexity index is 721. The zero-order valence-electron chi connectivity index (χ0n) is 17.4. The van der Waals surface area contributed by atoms with E-state index in [0.717, 1.165) is 48.3 Å². The molecule has 0 fully saturated rings. The van der Waals surface area contributed by atoms with Crippen molar-refractivity contribution in [2.45, 2.75) is 13.8 Å². The van der Waals surface area contributed by atoms with Crippen molar-refractivity contribution < 1.29 is 41.5 Å². The van der Waals surface area contributed by atoms with Gasteiger partial charge in [-0.15, -0.1) is 0 Å². The molecule has 0 aromatic heterocycles. The Morgan fingerprint density at radius 2 is 1.57 bits per heavy atom. The minimum absolute atomic E-state index is 0.0764. The molecule has 0 spiro atoms. The number of aliphatic hydroxyl groups is 1. The van der Waals surface area contributed by atoms with E-state index in [1.54, 1.807) is 24.4 Å². The zero-order chi connectivity index (χ0) is 22.8. The number of aliphatic hydroxyl groups excluding tert-OH is 1. The van der Waals surface area contributed by atoms with Gasteiger partial charge in [0.05, 0.1) is 13.2 Å². The fourth-order valence-electron chi connectivity index (χ4n) is 2.40. The summed E-state index contributed by atoms with van der Waals surface area (Å²) in [5, 5.41) is 39.0. The van der Waals surface area contributed by atoms with Crippen molar-refractivity contribution >= 4 is 11.9 Å². The first-order valence-electron chi connectivity index (χ1n) is 9.58. The van der Waals surface area contributed by atoms with Crippen LogP contribution < -0.4 is 10.2 Å². The molecule has 0 radical (unpaired) electrons. The summed E-state index contributed by atoms with van der Waals surface area (Å²) in [5.41, 5.74) is 1.75. The van der Waals surface area contributed by atoms with Crippen LogP contribution in [0.4, 0.5) is 5.69 Å². The number of phenols is 3. The maximum atomic E-state index is 10.0. The van der Waals surface area contributed by atoms with Crippen LogP contribution in [0.3, 0.4) is 0 Å². The maximum absolute atomic E-state index is 10.0. The molecule has 0 bridgehead atoms.